The molecule has 5 heteroatoms. The van der Waals surface area contributed by atoms with Crippen LogP contribution < -0.4 is 0 Å². The normalized spacial score (nSPS) is 9.80. The van der Waals surface area contributed by atoms with Gasteiger partial charge in [0.1, 0.15) is 0 Å². The van der Waals surface area contributed by atoms with E-state index in [1.807, 2.05) is 0 Å². The average molecular weight is 273 g/mol. The number of hydrogen-bond acceptors (Lipinski definition) is 3. The maximum atomic E-state index is 11.3. The molecule has 1 rings (SSSR count). The minimum Gasteiger partial charge on any atom is -0.478 e. The van der Waals surface area contributed by atoms with E-state index in [1.54, 1.807) is 6.92 Å². The molecule has 0 bridgehead atoms. The Morgan fingerprint density at radius 3 is 2.33 bits per heavy atom. The second-order valence-corrected chi connectivity index (χ2v) is 3.69. The van der Waals surface area contributed by atoms with Crippen LogP contribution in [0.3, 0.4) is 0 Å². The van der Waals surface area contributed by atoms with Gasteiger partial charge in [-0.25, -0.2) is 9.59 Å². The average Bonchev–Trinajstić information content (AvgIpc) is 2.20. The topological polar surface area (TPSA) is 63.6 Å². The van der Waals surface area contributed by atoms with Crippen molar-refractivity contribution >= 4 is 27.9 Å². The van der Waals surface area contributed by atoms with Gasteiger partial charge in [0.25, 0.3) is 0 Å². The Morgan fingerprint density at radius 2 is 1.87 bits per heavy atom. The van der Waals surface area contributed by atoms with Crippen LogP contribution in [0.2, 0.25) is 0 Å². The number of benzene rings is 1. The van der Waals surface area contributed by atoms with Crippen molar-refractivity contribution in [1.82, 2.24) is 0 Å². The van der Waals surface area contributed by atoms with Gasteiger partial charge in [0.15, 0.2) is 0 Å². The molecular weight excluding hydrogens is 264 g/mol. The summed E-state index contributed by atoms with van der Waals surface area (Å²) in [7, 11) is 1.27. The molecule has 0 spiro atoms. The smallest absolute Gasteiger partial charge is 0.339 e. The summed E-state index contributed by atoms with van der Waals surface area (Å²) in [5.74, 6) is -1.52. The van der Waals surface area contributed by atoms with E-state index in [0.717, 1.165) is 0 Å². The molecule has 0 aliphatic heterocycles. The van der Waals surface area contributed by atoms with E-state index in [4.69, 9.17) is 5.11 Å². The highest BCUT2D eigenvalue weighted by molar-refractivity contribution is 9.10. The van der Waals surface area contributed by atoms with Gasteiger partial charge < -0.3 is 9.84 Å². The number of carbonyl (C=O) groups is 2. The molecule has 0 saturated heterocycles. The van der Waals surface area contributed by atoms with Crippen LogP contribution in [0.4, 0.5) is 0 Å². The molecule has 0 aliphatic carbocycles. The van der Waals surface area contributed by atoms with Crippen molar-refractivity contribution in [3.63, 3.8) is 0 Å². The van der Waals surface area contributed by atoms with E-state index < -0.39 is 11.9 Å². The van der Waals surface area contributed by atoms with Crippen LogP contribution in [0.15, 0.2) is 16.6 Å². The summed E-state index contributed by atoms with van der Waals surface area (Å²) in [6, 6.07) is 2.81. The van der Waals surface area contributed by atoms with Gasteiger partial charge in [-0.05, 0) is 40.5 Å². The van der Waals surface area contributed by atoms with Crippen molar-refractivity contribution in [1.29, 1.82) is 0 Å². The zero-order chi connectivity index (χ0) is 11.6. The number of hydrogen-bond donors (Lipinski definition) is 1. The van der Waals surface area contributed by atoms with E-state index in [9.17, 15) is 9.59 Å². The molecule has 15 heavy (non-hydrogen) atoms. The lowest BCUT2D eigenvalue weighted by molar-refractivity contribution is 0.0597. The molecule has 4 nitrogen and oxygen atoms in total. The van der Waals surface area contributed by atoms with Gasteiger partial charge in [-0.15, -0.1) is 0 Å². The lowest BCUT2D eigenvalue weighted by Gasteiger charge is -2.07. The molecule has 0 aliphatic rings. The summed E-state index contributed by atoms with van der Waals surface area (Å²) in [5.41, 5.74) is 0.986. The van der Waals surface area contributed by atoms with Gasteiger partial charge in [0.05, 0.1) is 18.2 Å². The van der Waals surface area contributed by atoms with Crippen LogP contribution in [0.5, 0.6) is 0 Å². The lowest BCUT2D eigenvalue weighted by atomic mass is 10.1. The third kappa shape index (κ3) is 2.18. The highest BCUT2D eigenvalue weighted by Crippen LogP contribution is 2.25. The summed E-state index contributed by atoms with van der Waals surface area (Å²) in [6.07, 6.45) is 0. The minimum atomic E-state index is -1.02. The molecule has 0 radical (unpaired) electrons. The van der Waals surface area contributed by atoms with Crippen molar-refractivity contribution in [3.8, 4) is 0 Å². The standard InChI is InChI=1S/C10H9BrO4/c1-5-6(9(12)13)3-4-7(8(5)11)10(14)15-2/h3-4H,1-2H3,(H,12,13). The third-order valence-corrected chi connectivity index (χ3v) is 3.04. The van der Waals surface area contributed by atoms with Gasteiger partial charge in [-0.2, -0.15) is 0 Å². The summed E-state index contributed by atoms with van der Waals surface area (Å²) < 4.78 is 5.01. The number of aromatic carboxylic acids is 1. The Balaban J connectivity index is 3.33. The first kappa shape index (κ1) is 11.7. The molecule has 0 saturated carbocycles. The zero-order valence-corrected chi connectivity index (χ0v) is 9.79. The fraction of sp³-hybridized carbons (Fsp3) is 0.200. The number of esters is 1. The zero-order valence-electron chi connectivity index (χ0n) is 8.20. The van der Waals surface area contributed by atoms with Crippen LogP contribution in [-0.4, -0.2) is 24.2 Å². The maximum absolute atomic E-state index is 11.3. The van der Waals surface area contributed by atoms with E-state index in [2.05, 4.69) is 20.7 Å². The molecule has 1 aromatic rings. The molecule has 1 N–H and O–H groups in total. The quantitative estimate of drug-likeness (QED) is 0.839. The first-order chi connectivity index (χ1) is 6.99. The first-order valence-corrected chi connectivity index (χ1v) is 4.89. The number of rotatable bonds is 2. The van der Waals surface area contributed by atoms with Crippen LogP contribution in [0, 0.1) is 6.92 Å². The Kier molecular flexibility index (Phi) is 3.47. The SMILES string of the molecule is COC(=O)c1ccc(C(=O)O)c(C)c1Br. The highest BCUT2D eigenvalue weighted by Gasteiger charge is 2.16. The van der Waals surface area contributed by atoms with Crippen LogP contribution in [0.25, 0.3) is 0 Å². The third-order valence-electron chi connectivity index (χ3n) is 2.02. The summed E-state index contributed by atoms with van der Waals surface area (Å²) in [6.45, 7) is 1.62. The number of halogens is 1. The summed E-state index contributed by atoms with van der Waals surface area (Å²) >= 11 is 3.18. The Morgan fingerprint density at radius 1 is 1.33 bits per heavy atom. The second-order valence-electron chi connectivity index (χ2n) is 2.90. The fourth-order valence-corrected chi connectivity index (χ4v) is 1.69. The van der Waals surface area contributed by atoms with Crippen molar-refractivity contribution in [3.05, 3.63) is 33.3 Å². The van der Waals surface area contributed by atoms with Gasteiger partial charge in [0, 0.05) is 4.47 Å². The maximum Gasteiger partial charge on any atom is 0.339 e. The lowest BCUT2D eigenvalue weighted by Crippen LogP contribution is -2.07. The predicted octanol–water partition coefficient (Wildman–Crippen LogP) is 2.24. The number of carbonyl (C=O) groups excluding carboxylic acids is 1. The monoisotopic (exact) mass is 272 g/mol. The van der Waals surface area contributed by atoms with Crippen molar-refractivity contribution in [2.24, 2.45) is 0 Å². The van der Waals surface area contributed by atoms with Crippen LogP contribution >= 0.6 is 15.9 Å². The van der Waals surface area contributed by atoms with Crippen LogP contribution in [-0.2, 0) is 4.74 Å². The Hall–Kier alpha value is -1.36. The van der Waals surface area contributed by atoms with Crippen molar-refractivity contribution in [2.75, 3.05) is 7.11 Å². The van der Waals surface area contributed by atoms with Gasteiger partial charge in [-0.1, -0.05) is 0 Å². The molecule has 80 valence electrons. The van der Waals surface area contributed by atoms with Gasteiger partial charge in [0.2, 0.25) is 0 Å². The van der Waals surface area contributed by atoms with E-state index in [-0.39, 0.29) is 5.56 Å². The van der Waals surface area contributed by atoms with Crippen LogP contribution in [0.1, 0.15) is 26.3 Å². The summed E-state index contributed by atoms with van der Waals surface area (Å²) in [5, 5.41) is 8.84. The number of carboxylic acids is 1. The molecule has 0 aromatic heterocycles. The molecular formula is C10H9BrO4. The Bertz CT molecular complexity index is 426. The van der Waals surface area contributed by atoms with Gasteiger partial charge in [-0.3, -0.25) is 0 Å². The highest BCUT2D eigenvalue weighted by atomic mass is 79.9. The molecule has 0 fully saturated rings. The second kappa shape index (κ2) is 4.44. The number of ether oxygens (including phenoxy) is 1. The Labute approximate surface area is 95.0 Å². The minimum absolute atomic E-state index is 0.162. The molecule has 0 atom stereocenters. The van der Waals surface area contributed by atoms with E-state index in [0.29, 0.717) is 15.6 Å². The van der Waals surface area contributed by atoms with Crippen molar-refractivity contribution in [2.45, 2.75) is 6.92 Å². The number of carboxylic acid groups (broad SMARTS) is 1. The fourth-order valence-electron chi connectivity index (χ4n) is 1.18. The van der Waals surface area contributed by atoms with E-state index >= 15 is 0 Å². The molecule has 1 aromatic carbocycles. The largest absolute Gasteiger partial charge is 0.478 e. The molecule has 0 unspecified atom stereocenters. The van der Waals surface area contributed by atoms with Gasteiger partial charge >= 0.3 is 11.9 Å². The molecule has 0 amide bonds. The predicted molar refractivity (Wildman–Crippen MR) is 57.2 cm³/mol. The molecule has 0 heterocycles. The number of methoxy groups -OCH3 is 1. The first-order valence-electron chi connectivity index (χ1n) is 4.09. The summed E-state index contributed by atoms with van der Waals surface area (Å²) in [4.78, 5) is 22.1. The van der Waals surface area contributed by atoms with E-state index in [1.165, 1.54) is 19.2 Å². The van der Waals surface area contributed by atoms with Crippen molar-refractivity contribution < 1.29 is 19.4 Å².